The third-order valence-electron chi connectivity index (χ3n) is 2.94. The summed E-state index contributed by atoms with van der Waals surface area (Å²) in [5, 5.41) is 0. The van der Waals surface area contributed by atoms with Gasteiger partial charge in [-0.25, -0.2) is 9.29 Å². The number of amides is 2. The highest BCUT2D eigenvalue weighted by Crippen LogP contribution is 2.33. The summed E-state index contributed by atoms with van der Waals surface area (Å²) in [6.07, 6.45) is 0. The Labute approximate surface area is 116 Å². The third kappa shape index (κ3) is 1.77. The van der Waals surface area contributed by atoms with Crippen molar-refractivity contribution in [1.82, 2.24) is 0 Å². The Bertz CT molecular complexity index is 679. The smallest absolute Gasteiger partial charge is 0.266 e. The van der Waals surface area contributed by atoms with Gasteiger partial charge in [-0.1, -0.05) is 12.1 Å². The summed E-state index contributed by atoms with van der Waals surface area (Å²) in [6, 6.07) is 10.4. The Hall–Kier alpha value is -2.01. The molecule has 2 aromatic carbocycles. The maximum atomic E-state index is 13.3. The van der Waals surface area contributed by atoms with Crippen LogP contribution in [0.3, 0.4) is 0 Å². The van der Waals surface area contributed by atoms with Crippen molar-refractivity contribution >= 4 is 33.4 Å². The summed E-state index contributed by atoms with van der Waals surface area (Å²) in [7, 11) is 0. The van der Waals surface area contributed by atoms with Gasteiger partial charge in [-0.2, -0.15) is 0 Å². The van der Waals surface area contributed by atoms with Crippen molar-refractivity contribution in [3.8, 4) is 0 Å². The molecule has 5 heteroatoms. The number of carbonyl (C=O) groups is 2. The van der Waals surface area contributed by atoms with E-state index in [0.29, 0.717) is 15.6 Å². The van der Waals surface area contributed by atoms with Gasteiger partial charge in [0, 0.05) is 4.47 Å². The summed E-state index contributed by atoms with van der Waals surface area (Å²) in [4.78, 5) is 25.4. The predicted octanol–water partition coefficient (Wildman–Crippen LogP) is 3.39. The van der Waals surface area contributed by atoms with Crippen LogP contribution >= 0.6 is 15.9 Å². The molecule has 0 saturated heterocycles. The first-order valence-corrected chi connectivity index (χ1v) is 6.32. The Kier molecular flexibility index (Phi) is 2.71. The number of anilines is 1. The van der Waals surface area contributed by atoms with E-state index in [-0.39, 0.29) is 5.69 Å². The van der Waals surface area contributed by atoms with E-state index in [2.05, 4.69) is 15.9 Å². The maximum Gasteiger partial charge on any atom is 0.266 e. The molecule has 1 aliphatic heterocycles. The fourth-order valence-electron chi connectivity index (χ4n) is 2.07. The number of imide groups is 1. The SMILES string of the molecule is O=C1c2ccccc2C(=O)N1c1cc(F)ccc1Br. The molecule has 0 N–H and O–H groups in total. The zero-order valence-corrected chi connectivity index (χ0v) is 11.1. The summed E-state index contributed by atoms with van der Waals surface area (Å²) in [5.74, 6) is -1.38. The number of hydrogen-bond donors (Lipinski definition) is 0. The fourth-order valence-corrected chi connectivity index (χ4v) is 2.49. The molecule has 3 rings (SSSR count). The molecule has 0 bridgehead atoms. The van der Waals surface area contributed by atoms with Gasteiger partial charge in [0.05, 0.1) is 16.8 Å². The van der Waals surface area contributed by atoms with Gasteiger partial charge in [0.2, 0.25) is 0 Å². The van der Waals surface area contributed by atoms with E-state index < -0.39 is 17.6 Å². The van der Waals surface area contributed by atoms with Gasteiger partial charge in [0.25, 0.3) is 11.8 Å². The predicted molar refractivity (Wildman–Crippen MR) is 71.7 cm³/mol. The molecule has 0 aliphatic carbocycles. The van der Waals surface area contributed by atoms with Gasteiger partial charge in [0.15, 0.2) is 0 Å². The third-order valence-corrected chi connectivity index (χ3v) is 3.61. The van der Waals surface area contributed by atoms with Crippen molar-refractivity contribution in [2.75, 3.05) is 4.90 Å². The second-order valence-corrected chi connectivity index (χ2v) is 4.94. The number of benzene rings is 2. The Balaban J connectivity index is 2.17. The molecule has 94 valence electrons. The molecule has 0 unspecified atom stereocenters. The minimum atomic E-state index is -0.505. The van der Waals surface area contributed by atoms with Gasteiger partial charge in [-0.3, -0.25) is 9.59 Å². The van der Waals surface area contributed by atoms with Gasteiger partial charge < -0.3 is 0 Å². The lowest BCUT2D eigenvalue weighted by Crippen LogP contribution is -2.29. The molecule has 0 saturated carbocycles. The monoisotopic (exact) mass is 319 g/mol. The molecule has 2 amide bonds. The highest BCUT2D eigenvalue weighted by Gasteiger charge is 2.37. The topological polar surface area (TPSA) is 37.4 Å². The summed E-state index contributed by atoms with van der Waals surface area (Å²) >= 11 is 3.23. The van der Waals surface area contributed by atoms with Crippen molar-refractivity contribution in [1.29, 1.82) is 0 Å². The van der Waals surface area contributed by atoms with Crippen LogP contribution in [0.2, 0.25) is 0 Å². The van der Waals surface area contributed by atoms with E-state index in [1.54, 1.807) is 24.3 Å². The Morgan fingerprint density at radius 2 is 1.53 bits per heavy atom. The van der Waals surface area contributed by atoms with Crippen molar-refractivity contribution < 1.29 is 14.0 Å². The van der Waals surface area contributed by atoms with Gasteiger partial charge in [-0.15, -0.1) is 0 Å². The molecule has 0 radical (unpaired) electrons. The van der Waals surface area contributed by atoms with Crippen LogP contribution in [0.4, 0.5) is 10.1 Å². The fraction of sp³-hybridized carbons (Fsp3) is 0. The summed E-state index contributed by atoms with van der Waals surface area (Å²) in [5.41, 5.74) is 0.888. The molecular weight excluding hydrogens is 313 g/mol. The molecule has 0 spiro atoms. The molecule has 1 heterocycles. The van der Waals surface area contributed by atoms with Gasteiger partial charge >= 0.3 is 0 Å². The van der Waals surface area contributed by atoms with Crippen LogP contribution < -0.4 is 4.90 Å². The minimum absolute atomic E-state index is 0.214. The van der Waals surface area contributed by atoms with Crippen LogP contribution in [-0.4, -0.2) is 11.8 Å². The van der Waals surface area contributed by atoms with E-state index in [1.807, 2.05) is 0 Å². The van der Waals surface area contributed by atoms with Gasteiger partial charge in [-0.05, 0) is 46.3 Å². The van der Waals surface area contributed by atoms with Crippen LogP contribution in [0.5, 0.6) is 0 Å². The highest BCUT2D eigenvalue weighted by atomic mass is 79.9. The number of halogens is 2. The molecule has 0 aromatic heterocycles. The Morgan fingerprint density at radius 1 is 0.947 bits per heavy atom. The van der Waals surface area contributed by atoms with Crippen LogP contribution in [-0.2, 0) is 0 Å². The van der Waals surface area contributed by atoms with Crippen molar-refractivity contribution in [3.63, 3.8) is 0 Å². The average molecular weight is 320 g/mol. The molecule has 1 aliphatic rings. The van der Waals surface area contributed by atoms with Crippen molar-refractivity contribution in [2.24, 2.45) is 0 Å². The number of rotatable bonds is 1. The first-order valence-electron chi connectivity index (χ1n) is 5.52. The van der Waals surface area contributed by atoms with Crippen molar-refractivity contribution in [2.45, 2.75) is 0 Å². The molecule has 2 aromatic rings. The van der Waals surface area contributed by atoms with E-state index in [9.17, 15) is 14.0 Å². The number of fused-ring (bicyclic) bond motifs is 1. The largest absolute Gasteiger partial charge is 0.268 e. The standard InChI is InChI=1S/C14H7BrFNO2/c15-11-6-5-8(16)7-12(11)17-13(18)9-3-1-2-4-10(9)14(17)19/h1-7H. The molecule has 0 atom stereocenters. The lowest BCUT2D eigenvalue weighted by molar-refractivity contribution is 0.0926. The van der Waals surface area contributed by atoms with E-state index in [1.165, 1.54) is 12.1 Å². The summed E-state index contributed by atoms with van der Waals surface area (Å²) < 4.78 is 13.8. The number of carbonyl (C=O) groups excluding carboxylic acids is 2. The first-order chi connectivity index (χ1) is 9.09. The van der Waals surface area contributed by atoms with Gasteiger partial charge in [0.1, 0.15) is 5.82 Å². The lowest BCUT2D eigenvalue weighted by atomic mass is 10.1. The quantitative estimate of drug-likeness (QED) is 0.755. The lowest BCUT2D eigenvalue weighted by Gasteiger charge is -2.15. The van der Waals surface area contributed by atoms with Crippen LogP contribution in [0.1, 0.15) is 20.7 Å². The average Bonchev–Trinajstić information content (AvgIpc) is 2.66. The first kappa shape index (κ1) is 12.0. The number of nitrogens with zero attached hydrogens (tertiary/aromatic N) is 1. The Morgan fingerprint density at radius 3 is 2.11 bits per heavy atom. The summed E-state index contributed by atoms with van der Waals surface area (Å²) in [6.45, 7) is 0. The normalized spacial score (nSPS) is 13.9. The second-order valence-electron chi connectivity index (χ2n) is 4.09. The van der Waals surface area contributed by atoms with Crippen molar-refractivity contribution in [3.05, 3.63) is 63.9 Å². The maximum absolute atomic E-state index is 13.3. The molecular formula is C14H7BrFNO2. The molecule has 3 nitrogen and oxygen atoms in total. The zero-order chi connectivity index (χ0) is 13.6. The number of hydrogen-bond acceptors (Lipinski definition) is 2. The van der Waals surface area contributed by atoms with Crippen LogP contribution in [0, 0.1) is 5.82 Å². The highest BCUT2D eigenvalue weighted by molar-refractivity contribution is 9.10. The molecule has 0 fully saturated rings. The van der Waals surface area contributed by atoms with Crippen LogP contribution in [0.15, 0.2) is 46.9 Å². The minimum Gasteiger partial charge on any atom is -0.268 e. The van der Waals surface area contributed by atoms with E-state index in [4.69, 9.17) is 0 Å². The van der Waals surface area contributed by atoms with E-state index in [0.717, 1.165) is 11.0 Å². The zero-order valence-electron chi connectivity index (χ0n) is 9.56. The van der Waals surface area contributed by atoms with E-state index >= 15 is 0 Å². The van der Waals surface area contributed by atoms with Crippen LogP contribution in [0.25, 0.3) is 0 Å². The molecule has 19 heavy (non-hydrogen) atoms. The second kappa shape index (κ2) is 4.28.